The van der Waals surface area contributed by atoms with E-state index in [1.54, 1.807) is 11.0 Å². The molecule has 0 bridgehead atoms. The molecule has 0 unspecified atom stereocenters. The molecule has 21 heavy (non-hydrogen) atoms. The van der Waals surface area contributed by atoms with Crippen LogP contribution >= 0.6 is 0 Å². The van der Waals surface area contributed by atoms with Gasteiger partial charge in [0.05, 0.1) is 6.54 Å². The molecule has 0 atom stereocenters. The third kappa shape index (κ3) is 3.22. The first kappa shape index (κ1) is 13.2. The van der Waals surface area contributed by atoms with E-state index >= 15 is 0 Å². The van der Waals surface area contributed by atoms with Crippen LogP contribution in [0, 0.1) is 0 Å². The van der Waals surface area contributed by atoms with Crippen LogP contribution < -0.4 is 5.32 Å². The van der Waals surface area contributed by atoms with Crippen LogP contribution in [0.2, 0.25) is 0 Å². The number of aromatic nitrogens is 5. The summed E-state index contributed by atoms with van der Waals surface area (Å²) in [7, 11) is 0. The molecule has 0 aliphatic heterocycles. The maximum Gasteiger partial charge on any atom is 0.204 e. The lowest BCUT2D eigenvalue weighted by molar-refractivity contribution is 0.572. The second-order valence-electron chi connectivity index (χ2n) is 4.59. The molecule has 3 aromatic rings. The molecule has 1 N–H and O–H groups in total. The Morgan fingerprint density at radius 1 is 1.14 bits per heavy atom. The Hall–Kier alpha value is -2.76. The predicted octanol–water partition coefficient (Wildman–Crippen LogP) is 2.22. The standard InChI is InChI=1S/C15H16N6/c1-2-16-14-10-12(8-9-17-14)11-21-19-15(18-20-21)13-6-4-3-5-7-13/h3-10H,2,11H2,1H3,(H,16,17). The summed E-state index contributed by atoms with van der Waals surface area (Å²) in [5, 5.41) is 15.8. The second-order valence-corrected chi connectivity index (χ2v) is 4.59. The molecule has 0 aliphatic carbocycles. The van der Waals surface area contributed by atoms with Gasteiger partial charge in [-0.15, -0.1) is 10.2 Å². The van der Waals surface area contributed by atoms with Crippen molar-refractivity contribution in [3.8, 4) is 11.4 Å². The van der Waals surface area contributed by atoms with E-state index in [0.717, 1.165) is 23.5 Å². The summed E-state index contributed by atoms with van der Waals surface area (Å²) in [6, 6.07) is 13.8. The van der Waals surface area contributed by atoms with Crippen LogP contribution in [-0.4, -0.2) is 31.7 Å². The average Bonchev–Trinajstić information content (AvgIpc) is 2.97. The minimum Gasteiger partial charge on any atom is -0.370 e. The predicted molar refractivity (Wildman–Crippen MR) is 80.8 cm³/mol. The smallest absolute Gasteiger partial charge is 0.204 e. The van der Waals surface area contributed by atoms with E-state index in [9.17, 15) is 0 Å². The number of tetrazole rings is 1. The van der Waals surface area contributed by atoms with E-state index in [0.29, 0.717) is 12.4 Å². The number of rotatable bonds is 5. The van der Waals surface area contributed by atoms with Crippen LogP contribution in [0.15, 0.2) is 48.7 Å². The van der Waals surface area contributed by atoms with Crippen LogP contribution in [0.1, 0.15) is 12.5 Å². The second kappa shape index (κ2) is 6.13. The highest BCUT2D eigenvalue weighted by molar-refractivity contribution is 5.53. The molecular weight excluding hydrogens is 264 g/mol. The van der Waals surface area contributed by atoms with Gasteiger partial charge in [0.15, 0.2) is 0 Å². The van der Waals surface area contributed by atoms with Crippen molar-refractivity contribution in [1.82, 2.24) is 25.2 Å². The van der Waals surface area contributed by atoms with E-state index in [1.807, 2.05) is 49.4 Å². The molecule has 6 heteroatoms. The van der Waals surface area contributed by atoms with Gasteiger partial charge in [0.1, 0.15) is 5.82 Å². The number of hydrogen-bond acceptors (Lipinski definition) is 5. The number of nitrogens with zero attached hydrogens (tertiary/aromatic N) is 5. The molecule has 2 aromatic heterocycles. The van der Waals surface area contributed by atoms with Gasteiger partial charge < -0.3 is 5.32 Å². The maximum absolute atomic E-state index is 4.41. The molecule has 0 spiro atoms. The first-order chi connectivity index (χ1) is 10.3. The monoisotopic (exact) mass is 280 g/mol. The highest BCUT2D eigenvalue weighted by Gasteiger charge is 2.06. The summed E-state index contributed by atoms with van der Waals surface area (Å²) in [6.07, 6.45) is 1.78. The van der Waals surface area contributed by atoms with Crippen LogP contribution in [-0.2, 0) is 6.54 Å². The summed E-state index contributed by atoms with van der Waals surface area (Å²) >= 11 is 0. The number of anilines is 1. The van der Waals surface area contributed by atoms with Crippen molar-refractivity contribution in [2.24, 2.45) is 0 Å². The van der Waals surface area contributed by atoms with Crippen molar-refractivity contribution in [2.45, 2.75) is 13.5 Å². The van der Waals surface area contributed by atoms with E-state index in [4.69, 9.17) is 0 Å². The number of pyridine rings is 1. The lowest BCUT2D eigenvalue weighted by atomic mass is 10.2. The fraction of sp³-hybridized carbons (Fsp3) is 0.200. The molecule has 0 radical (unpaired) electrons. The van der Waals surface area contributed by atoms with Crippen molar-refractivity contribution >= 4 is 5.82 Å². The molecule has 6 nitrogen and oxygen atoms in total. The van der Waals surface area contributed by atoms with Gasteiger partial charge in [0, 0.05) is 18.3 Å². The first-order valence-corrected chi connectivity index (χ1v) is 6.87. The molecule has 0 fully saturated rings. The molecule has 106 valence electrons. The van der Waals surface area contributed by atoms with Gasteiger partial charge >= 0.3 is 0 Å². The Balaban J connectivity index is 1.77. The molecule has 1 aromatic carbocycles. The molecule has 3 rings (SSSR count). The zero-order valence-electron chi connectivity index (χ0n) is 11.8. The van der Waals surface area contributed by atoms with Crippen molar-refractivity contribution in [3.05, 3.63) is 54.2 Å². The first-order valence-electron chi connectivity index (χ1n) is 6.87. The average molecular weight is 280 g/mol. The van der Waals surface area contributed by atoms with Gasteiger partial charge in [-0.25, -0.2) is 4.98 Å². The number of nitrogens with one attached hydrogen (secondary N) is 1. The van der Waals surface area contributed by atoms with Crippen LogP contribution in [0.5, 0.6) is 0 Å². The van der Waals surface area contributed by atoms with Gasteiger partial charge in [-0.1, -0.05) is 30.3 Å². The summed E-state index contributed by atoms with van der Waals surface area (Å²) in [6.45, 7) is 3.45. The molecular formula is C15H16N6. The van der Waals surface area contributed by atoms with E-state index < -0.39 is 0 Å². The Kier molecular flexibility index (Phi) is 3.86. The largest absolute Gasteiger partial charge is 0.370 e. The Morgan fingerprint density at radius 2 is 2.00 bits per heavy atom. The van der Waals surface area contributed by atoms with Crippen molar-refractivity contribution in [3.63, 3.8) is 0 Å². The quantitative estimate of drug-likeness (QED) is 0.776. The minimum absolute atomic E-state index is 0.570. The normalized spacial score (nSPS) is 10.5. The molecule has 0 saturated heterocycles. The lowest BCUT2D eigenvalue weighted by Crippen LogP contribution is -2.06. The fourth-order valence-electron chi connectivity index (χ4n) is 2.03. The summed E-state index contributed by atoms with van der Waals surface area (Å²) in [5.74, 6) is 1.50. The van der Waals surface area contributed by atoms with Gasteiger partial charge in [-0.2, -0.15) is 4.80 Å². The van der Waals surface area contributed by atoms with Gasteiger partial charge in [0.2, 0.25) is 5.82 Å². The Morgan fingerprint density at radius 3 is 2.81 bits per heavy atom. The summed E-state index contributed by atoms with van der Waals surface area (Å²) < 4.78 is 0. The summed E-state index contributed by atoms with van der Waals surface area (Å²) in [5.41, 5.74) is 2.05. The lowest BCUT2D eigenvalue weighted by Gasteiger charge is -2.04. The van der Waals surface area contributed by atoms with E-state index in [1.165, 1.54) is 0 Å². The third-order valence-corrected chi connectivity index (χ3v) is 2.99. The van der Waals surface area contributed by atoms with Crippen LogP contribution in [0.3, 0.4) is 0 Å². The van der Waals surface area contributed by atoms with E-state index in [-0.39, 0.29) is 0 Å². The van der Waals surface area contributed by atoms with Crippen LogP contribution in [0.25, 0.3) is 11.4 Å². The number of benzene rings is 1. The minimum atomic E-state index is 0.570. The molecule has 0 amide bonds. The van der Waals surface area contributed by atoms with Crippen LogP contribution in [0.4, 0.5) is 5.82 Å². The van der Waals surface area contributed by atoms with E-state index in [2.05, 4.69) is 25.7 Å². The van der Waals surface area contributed by atoms with Gasteiger partial charge in [-0.3, -0.25) is 0 Å². The molecule has 0 aliphatic rings. The van der Waals surface area contributed by atoms with Crippen molar-refractivity contribution in [2.75, 3.05) is 11.9 Å². The Labute approximate surface area is 122 Å². The van der Waals surface area contributed by atoms with Gasteiger partial charge in [-0.05, 0) is 29.8 Å². The maximum atomic E-state index is 4.41. The van der Waals surface area contributed by atoms with Crippen molar-refractivity contribution < 1.29 is 0 Å². The molecule has 0 saturated carbocycles. The third-order valence-electron chi connectivity index (χ3n) is 2.99. The molecule has 2 heterocycles. The van der Waals surface area contributed by atoms with Crippen molar-refractivity contribution in [1.29, 1.82) is 0 Å². The zero-order chi connectivity index (χ0) is 14.5. The highest BCUT2D eigenvalue weighted by atomic mass is 15.6. The topological polar surface area (TPSA) is 68.5 Å². The Bertz CT molecular complexity index is 707. The number of hydrogen-bond donors (Lipinski definition) is 1. The zero-order valence-corrected chi connectivity index (χ0v) is 11.8. The highest BCUT2D eigenvalue weighted by Crippen LogP contribution is 2.13. The van der Waals surface area contributed by atoms with Gasteiger partial charge in [0.25, 0.3) is 0 Å². The fourth-order valence-corrected chi connectivity index (χ4v) is 2.03. The summed E-state index contributed by atoms with van der Waals surface area (Å²) in [4.78, 5) is 5.84. The SMILES string of the molecule is CCNc1cc(Cn2nnc(-c3ccccc3)n2)ccn1.